The van der Waals surface area contributed by atoms with Crippen molar-refractivity contribution in [3.05, 3.63) is 58.1 Å². The van der Waals surface area contributed by atoms with Gasteiger partial charge in [-0.3, -0.25) is 9.59 Å². The first-order valence-electron chi connectivity index (χ1n) is 7.46. The predicted molar refractivity (Wildman–Crippen MR) is 97.3 cm³/mol. The fraction of sp³-hybridized carbons (Fsp3) is 0.222. The van der Waals surface area contributed by atoms with Crippen molar-refractivity contribution in [3.8, 4) is 5.75 Å². The number of hydrogen-bond donors (Lipinski definition) is 1. The summed E-state index contributed by atoms with van der Waals surface area (Å²) in [6.45, 7) is 1.49. The third-order valence-electron chi connectivity index (χ3n) is 3.32. The maximum atomic E-state index is 12.1. The average molecular weight is 382 g/mol. The molecule has 0 radical (unpaired) electrons. The maximum absolute atomic E-state index is 12.1. The lowest BCUT2D eigenvalue weighted by atomic mass is 10.1. The highest BCUT2D eigenvalue weighted by Crippen LogP contribution is 2.22. The molecule has 0 spiro atoms. The zero-order valence-corrected chi connectivity index (χ0v) is 15.2. The van der Waals surface area contributed by atoms with Gasteiger partial charge in [-0.25, -0.2) is 0 Å². The first-order chi connectivity index (χ1) is 11.9. The van der Waals surface area contributed by atoms with Crippen molar-refractivity contribution in [1.82, 2.24) is 0 Å². The first kappa shape index (κ1) is 19.1. The normalized spacial score (nSPS) is 11.5. The first-order valence-corrected chi connectivity index (χ1v) is 8.22. The smallest absolute Gasteiger partial charge is 0.311 e. The summed E-state index contributed by atoms with van der Waals surface area (Å²) in [5, 5.41) is 3.40. The average Bonchev–Trinajstić information content (AvgIpc) is 2.54. The highest BCUT2D eigenvalue weighted by atomic mass is 35.5. The van der Waals surface area contributed by atoms with Crippen molar-refractivity contribution in [1.29, 1.82) is 0 Å². The standard InChI is InChI=1S/C18H17Cl2NO4/c1-11(18(23)21-15-9-13(19)8-14(20)10-15)25-17(22)7-12-3-5-16(24-2)6-4-12/h3-6,8-11H,7H2,1-2H3,(H,21,23)/t11-/m1/s1. The van der Waals surface area contributed by atoms with Gasteiger partial charge in [0.15, 0.2) is 6.10 Å². The van der Waals surface area contributed by atoms with Crippen molar-refractivity contribution in [3.63, 3.8) is 0 Å². The van der Waals surface area contributed by atoms with Gasteiger partial charge in [0.05, 0.1) is 13.5 Å². The van der Waals surface area contributed by atoms with E-state index in [4.69, 9.17) is 32.7 Å². The van der Waals surface area contributed by atoms with Crippen molar-refractivity contribution in [2.45, 2.75) is 19.4 Å². The molecule has 132 valence electrons. The van der Waals surface area contributed by atoms with Crippen LogP contribution in [0.15, 0.2) is 42.5 Å². The summed E-state index contributed by atoms with van der Waals surface area (Å²) in [5.74, 6) is -0.275. The Morgan fingerprint density at radius 3 is 2.24 bits per heavy atom. The minimum absolute atomic E-state index is 0.0601. The lowest BCUT2D eigenvalue weighted by Gasteiger charge is -2.14. The minimum Gasteiger partial charge on any atom is -0.497 e. The summed E-state index contributed by atoms with van der Waals surface area (Å²) in [7, 11) is 1.57. The van der Waals surface area contributed by atoms with Crippen LogP contribution in [0, 0.1) is 0 Å². The van der Waals surface area contributed by atoms with E-state index in [1.807, 2.05) is 0 Å². The van der Waals surface area contributed by atoms with Gasteiger partial charge in [-0.2, -0.15) is 0 Å². The largest absolute Gasteiger partial charge is 0.497 e. The molecule has 0 aliphatic carbocycles. The van der Waals surface area contributed by atoms with E-state index in [0.717, 1.165) is 5.56 Å². The van der Waals surface area contributed by atoms with E-state index in [9.17, 15) is 9.59 Å². The Morgan fingerprint density at radius 2 is 1.68 bits per heavy atom. The van der Waals surface area contributed by atoms with E-state index >= 15 is 0 Å². The van der Waals surface area contributed by atoms with Gasteiger partial charge in [0, 0.05) is 15.7 Å². The van der Waals surface area contributed by atoms with Crippen LogP contribution in [0.3, 0.4) is 0 Å². The Morgan fingerprint density at radius 1 is 1.08 bits per heavy atom. The number of benzene rings is 2. The Labute approximate surface area is 155 Å². The molecule has 5 nitrogen and oxygen atoms in total. The van der Waals surface area contributed by atoms with Crippen LogP contribution in [-0.4, -0.2) is 25.1 Å². The number of methoxy groups -OCH3 is 1. The minimum atomic E-state index is -0.955. The molecule has 0 unspecified atom stereocenters. The third kappa shape index (κ3) is 5.96. The van der Waals surface area contributed by atoms with Gasteiger partial charge >= 0.3 is 5.97 Å². The summed E-state index contributed by atoms with van der Waals surface area (Å²) in [6, 6.07) is 11.7. The van der Waals surface area contributed by atoms with Crippen molar-refractivity contribution >= 4 is 40.8 Å². The molecule has 2 rings (SSSR count). The quantitative estimate of drug-likeness (QED) is 0.764. The topological polar surface area (TPSA) is 64.6 Å². The van der Waals surface area contributed by atoms with Crippen LogP contribution in [0.1, 0.15) is 12.5 Å². The van der Waals surface area contributed by atoms with E-state index in [1.165, 1.54) is 6.92 Å². The lowest BCUT2D eigenvalue weighted by Crippen LogP contribution is -2.30. The maximum Gasteiger partial charge on any atom is 0.311 e. The molecule has 0 aliphatic rings. The van der Waals surface area contributed by atoms with Crippen molar-refractivity contribution < 1.29 is 19.1 Å². The number of hydrogen-bond acceptors (Lipinski definition) is 4. The molecule has 0 aromatic heterocycles. The Bertz CT molecular complexity index is 742. The number of carbonyl (C=O) groups excluding carboxylic acids is 2. The van der Waals surface area contributed by atoms with Crippen LogP contribution in [0.25, 0.3) is 0 Å². The molecule has 2 aromatic rings. The fourth-order valence-electron chi connectivity index (χ4n) is 2.07. The van der Waals surface area contributed by atoms with Crippen LogP contribution in [0.2, 0.25) is 10.0 Å². The van der Waals surface area contributed by atoms with Crippen LogP contribution < -0.4 is 10.1 Å². The molecule has 0 saturated heterocycles. The van der Waals surface area contributed by atoms with E-state index < -0.39 is 18.0 Å². The Hall–Kier alpha value is -2.24. The SMILES string of the molecule is COc1ccc(CC(=O)O[C@H](C)C(=O)Nc2cc(Cl)cc(Cl)c2)cc1. The summed E-state index contributed by atoms with van der Waals surface area (Å²) in [6.07, 6.45) is -0.895. The molecule has 1 atom stereocenters. The molecule has 7 heteroatoms. The molecule has 25 heavy (non-hydrogen) atoms. The zero-order valence-electron chi connectivity index (χ0n) is 13.7. The monoisotopic (exact) mass is 381 g/mol. The second kappa shape index (κ2) is 8.74. The van der Waals surface area contributed by atoms with Gasteiger partial charge in [0.25, 0.3) is 5.91 Å². The summed E-state index contributed by atoms with van der Waals surface area (Å²) in [5.41, 5.74) is 1.19. The number of rotatable bonds is 6. The molecule has 0 heterocycles. The molecule has 0 aliphatic heterocycles. The predicted octanol–water partition coefficient (Wildman–Crippen LogP) is 4.11. The molecular formula is C18H17Cl2NO4. The number of carbonyl (C=O) groups is 2. The number of esters is 1. The van der Waals surface area contributed by atoms with Gasteiger partial charge < -0.3 is 14.8 Å². The van der Waals surface area contributed by atoms with Crippen LogP contribution in [-0.2, 0) is 20.7 Å². The summed E-state index contributed by atoms with van der Waals surface area (Å²) >= 11 is 11.8. The van der Waals surface area contributed by atoms with Gasteiger partial charge in [-0.1, -0.05) is 35.3 Å². The van der Waals surface area contributed by atoms with Crippen molar-refractivity contribution in [2.75, 3.05) is 12.4 Å². The second-order valence-corrected chi connectivity index (χ2v) is 6.18. The van der Waals surface area contributed by atoms with Gasteiger partial charge in [0.2, 0.25) is 0 Å². The number of nitrogens with one attached hydrogen (secondary N) is 1. The molecule has 0 bridgehead atoms. The summed E-state index contributed by atoms with van der Waals surface area (Å²) < 4.78 is 10.2. The number of halogens is 2. The zero-order chi connectivity index (χ0) is 18.4. The highest BCUT2D eigenvalue weighted by Gasteiger charge is 2.18. The van der Waals surface area contributed by atoms with Gasteiger partial charge in [-0.15, -0.1) is 0 Å². The van der Waals surface area contributed by atoms with E-state index in [2.05, 4.69) is 5.32 Å². The molecular weight excluding hydrogens is 365 g/mol. The summed E-state index contributed by atoms with van der Waals surface area (Å²) in [4.78, 5) is 24.1. The molecule has 0 fully saturated rings. The number of ether oxygens (including phenoxy) is 2. The van der Waals surface area contributed by atoms with Crippen LogP contribution in [0.4, 0.5) is 5.69 Å². The molecule has 0 saturated carbocycles. The van der Waals surface area contributed by atoms with E-state index in [1.54, 1.807) is 49.6 Å². The Balaban J connectivity index is 1.89. The molecule has 1 amide bonds. The van der Waals surface area contributed by atoms with Gasteiger partial charge in [0.1, 0.15) is 5.75 Å². The lowest BCUT2D eigenvalue weighted by molar-refractivity contribution is -0.152. The number of amides is 1. The molecule has 2 aromatic carbocycles. The highest BCUT2D eigenvalue weighted by molar-refractivity contribution is 6.35. The number of anilines is 1. The van der Waals surface area contributed by atoms with E-state index in [0.29, 0.717) is 21.5 Å². The molecule has 1 N–H and O–H groups in total. The Kier molecular flexibility index (Phi) is 6.67. The van der Waals surface area contributed by atoms with Gasteiger partial charge in [-0.05, 0) is 42.8 Å². The third-order valence-corrected chi connectivity index (χ3v) is 3.75. The van der Waals surface area contributed by atoms with Crippen molar-refractivity contribution in [2.24, 2.45) is 0 Å². The van der Waals surface area contributed by atoms with E-state index in [-0.39, 0.29) is 6.42 Å². The second-order valence-electron chi connectivity index (χ2n) is 5.30. The van der Waals surface area contributed by atoms with Crippen LogP contribution in [0.5, 0.6) is 5.75 Å². The fourth-order valence-corrected chi connectivity index (χ4v) is 2.60. The van der Waals surface area contributed by atoms with Crippen LogP contribution >= 0.6 is 23.2 Å².